The number of hydrogen-bond donors (Lipinski definition) is 1. The number of aliphatic hydroxyl groups is 1. The van der Waals surface area contributed by atoms with E-state index in [1.807, 2.05) is 23.8 Å². The van der Waals surface area contributed by atoms with E-state index in [2.05, 4.69) is 4.98 Å². The Bertz CT molecular complexity index is 1410. The SMILES string of the molecule is CSc1ncn2cc(C3=C(C(=O)OC(C)OC(=O)C45CC6CC(CC(C6)C4)C5)N4C(=O)[C@H]([C@@H](C)O)[C@H]4[C@H]3C)sc12. The maximum Gasteiger partial charge on any atom is 0.358 e. The molecule has 214 valence electrons. The molecule has 40 heavy (non-hydrogen) atoms. The van der Waals surface area contributed by atoms with Gasteiger partial charge in [-0.3, -0.25) is 14.0 Å². The predicted molar refractivity (Wildman–Crippen MR) is 149 cm³/mol. The van der Waals surface area contributed by atoms with Gasteiger partial charge < -0.3 is 19.5 Å². The third kappa shape index (κ3) is 3.83. The van der Waals surface area contributed by atoms with Crippen molar-refractivity contribution in [2.75, 3.05) is 6.26 Å². The normalized spacial score (nSPS) is 35.6. The molecule has 5 atom stereocenters. The Morgan fingerprint density at radius 1 is 1.15 bits per heavy atom. The van der Waals surface area contributed by atoms with Crippen molar-refractivity contribution in [1.29, 1.82) is 0 Å². The van der Waals surface area contributed by atoms with E-state index < -0.39 is 29.7 Å². The van der Waals surface area contributed by atoms with Crippen molar-refractivity contribution in [2.24, 2.45) is 35.0 Å². The largest absolute Gasteiger partial charge is 0.425 e. The Labute approximate surface area is 241 Å². The molecule has 4 aliphatic carbocycles. The smallest absolute Gasteiger partial charge is 0.358 e. The third-order valence-electron chi connectivity index (χ3n) is 10.0. The fourth-order valence-corrected chi connectivity index (χ4v) is 10.7. The minimum Gasteiger partial charge on any atom is -0.425 e. The van der Waals surface area contributed by atoms with Crippen molar-refractivity contribution in [1.82, 2.24) is 14.3 Å². The Hall–Kier alpha value is -2.37. The number of fused-ring (bicyclic) bond motifs is 2. The number of thiazole rings is 1. The van der Waals surface area contributed by atoms with Crippen molar-refractivity contribution in [2.45, 2.75) is 82.8 Å². The molecule has 4 saturated carbocycles. The molecule has 9 nitrogen and oxygen atoms in total. The fourth-order valence-electron chi connectivity index (χ4n) is 8.79. The minimum absolute atomic E-state index is 0.181. The number of amides is 1. The summed E-state index contributed by atoms with van der Waals surface area (Å²) in [5, 5.41) is 11.2. The van der Waals surface area contributed by atoms with Crippen LogP contribution in [0.4, 0.5) is 0 Å². The van der Waals surface area contributed by atoms with Crippen LogP contribution in [0.1, 0.15) is 64.2 Å². The molecular weight excluding hydrogens is 550 g/mol. The van der Waals surface area contributed by atoms with E-state index in [0.29, 0.717) is 23.3 Å². The average molecular weight is 586 g/mol. The first-order valence-electron chi connectivity index (χ1n) is 14.3. The summed E-state index contributed by atoms with van der Waals surface area (Å²) < 4.78 is 13.5. The molecule has 0 aromatic carbocycles. The molecule has 1 saturated heterocycles. The monoisotopic (exact) mass is 585 g/mol. The lowest BCUT2D eigenvalue weighted by Crippen LogP contribution is -2.63. The number of carbonyl (C=O) groups is 3. The van der Waals surface area contributed by atoms with Crippen LogP contribution in [0, 0.1) is 35.0 Å². The summed E-state index contributed by atoms with van der Waals surface area (Å²) in [7, 11) is 0. The molecule has 0 radical (unpaired) electrons. The Kier molecular flexibility index (Phi) is 6.18. The van der Waals surface area contributed by atoms with E-state index in [-0.39, 0.29) is 29.5 Å². The molecule has 2 aliphatic heterocycles. The molecule has 8 rings (SSSR count). The van der Waals surface area contributed by atoms with Crippen molar-refractivity contribution < 1.29 is 29.0 Å². The molecular formula is C29H35N3O6S2. The molecule has 6 aliphatic rings. The number of nitrogens with zero attached hydrogens (tertiary/aromatic N) is 3. The molecule has 5 fully saturated rings. The summed E-state index contributed by atoms with van der Waals surface area (Å²) in [5.74, 6) is -0.219. The van der Waals surface area contributed by atoms with Crippen molar-refractivity contribution in [3.8, 4) is 0 Å². The van der Waals surface area contributed by atoms with Crippen LogP contribution in [-0.2, 0) is 23.9 Å². The molecule has 4 heterocycles. The van der Waals surface area contributed by atoms with Crippen molar-refractivity contribution >= 4 is 51.3 Å². The van der Waals surface area contributed by atoms with Gasteiger partial charge in [-0.15, -0.1) is 23.1 Å². The van der Waals surface area contributed by atoms with E-state index in [0.717, 1.165) is 34.0 Å². The molecule has 2 aromatic rings. The number of aliphatic hydroxyl groups excluding tert-OH is 1. The topological polar surface area (TPSA) is 110 Å². The number of aromatic nitrogens is 2. The number of esters is 2. The van der Waals surface area contributed by atoms with Gasteiger partial charge in [0.05, 0.1) is 28.4 Å². The summed E-state index contributed by atoms with van der Waals surface area (Å²) >= 11 is 3.06. The van der Waals surface area contributed by atoms with Gasteiger partial charge in [0.2, 0.25) is 12.2 Å². The standard InChI is InChI=1S/C29H35N3O6S2/c1-13-20(19-11-31-12-30-24(39-4)26(31)40-19)23(32-22(13)21(14(2)33)25(32)34)27(35)37-15(3)38-28(36)29-8-16-5-17(9-29)7-18(6-16)10-29/h11-18,21-22,33H,5-10H2,1-4H3/t13-,14+,15?,16?,17?,18?,21+,22+,29?/m0/s1. The maximum absolute atomic E-state index is 13.8. The van der Waals surface area contributed by atoms with Crippen LogP contribution < -0.4 is 0 Å². The first-order valence-corrected chi connectivity index (χ1v) is 16.3. The number of rotatable bonds is 7. The number of thioether (sulfide) groups is 1. The lowest BCUT2D eigenvalue weighted by molar-refractivity contribution is -0.201. The van der Waals surface area contributed by atoms with Crippen molar-refractivity contribution in [3.63, 3.8) is 0 Å². The van der Waals surface area contributed by atoms with Crippen LogP contribution in [0.15, 0.2) is 23.2 Å². The molecule has 0 spiro atoms. The third-order valence-corrected chi connectivity index (χ3v) is 12.0. The second-order valence-electron chi connectivity index (χ2n) is 12.7. The van der Waals surface area contributed by atoms with Gasteiger partial charge in [0.25, 0.3) is 0 Å². The summed E-state index contributed by atoms with van der Waals surface area (Å²) in [5.41, 5.74) is 0.444. The van der Waals surface area contributed by atoms with Crippen LogP contribution in [0.25, 0.3) is 10.4 Å². The van der Waals surface area contributed by atoms with Gasteiger partial charge in [-0.1, -0.05) is 6.92 Å². The molecule has 4 bridgehead atoms. The van der Waals surface area contributed by atoms with Gasteiger partial charge in [-0.05, 0) is 69.5 Å². The highest BCUT2D eigenvalue weighted by Crippen LogP contribution is 2.60. The van der Waals surface area contributed by atoms with E-state index in [9.17, 15) is 19.5 Å². The van der Waals surface area contributed by atoms with Crippen LogP contribution in [0.3, 0.4) is 0 Å². The summed E-state index contributed by atoms with van der Waals surface area (Å²) in [6.07, 6.45) is 9.99. The lowest BCUT2D eigenvalue weighted by Gasteiger charge is -2.55. The molecule has 1 amide bonds. The molecule has 11 heteroatoms. The first kappa shape index (κ1) is 26.5. The van der Waals surface area contributed by atoms with Crippen LogP contribution in [0.2, 0.25) is 0 Å². The van der Waals surface area contributed by atoms with Gasteiger partial charge in [0, 0.05) is 24.6 Å². The van der Waals surface area contributed by atoms with Gasteiger partial charge in [-0.2, -0.15) is 0 Å². The second kappa shape index (κ2) is 9.32. The number of β-lactam (4-membered cyclic amide) rings is 1. The van der Waals surface area contributed by atoms with Crippen molar-refractivity contribution in [3.05, 3.63) is 23.1 Å². The number of hydrogen-bond acceptors (Lipinski definition) is 9. The number of ether oxygens (including phenoxy) is 2. The summed E-state index contributed by atoms with van der Waals surface area (Å²) in [4.78, 5) is 48.1. The van der Waals surface area contributed by atoms with E-state index in [1.165, 1.54) is 35.5 Å². The number of carbonyl (C=O) groups excluding carboxylic acids is 3. The van der Waals surface area contributed by atoms with Gasteiger partial charge in [0.1, 0.15) is 21.9 Å². The van der Waals surface area contributed by atoms with E-state index >= 15 is 0 Å². The van der Waals surface area contributed by atoms with Crippen LogP contribution >= 0.6 is 23.1 Å². The fraction of sp³-hybridized carbons (Fsp3) is 0.655. The van der Waals surface area contributed by atoms with Gasteiger partial charge >= 0.3 is 11.9 Å². The summed E-state index contributed by atoms with van der Waals surface area (Å²) in [6, 6.07) is -0.338. The Balaban J connectivity index is 1.16. The quantitative estimate of drug-likeness (QED) is 0.221. The minimum atomic E-state index is -1.08. The zero-order valence-corrected chi connectivity index (χ0v) is 24.8. The van der Waals surface area contributed by atoms with Gasteiger partial charge in [0.15, 0.2) is 0 Å². The zero-order chi connectivity index (χ0) is 28.1. The summed E-state index contributed by atoms with van der Waals surface area (Å²) in [6.45, 7) is 5.17. The highest BCUT2D eigenvalue weighted by Gasteiger charge is 2.61. The maximum atomic E-state index is 13.8. The van der Waals surface area contributed by atoms with Gasteiger partial charge in [-0.25, -0.2) is 9.78 Å². The molecule has 1 unspecified atom stereocenters. The second-order valence-corrected chi connectivity index (χ2v) is 14.5. The van der Waals surface area contributed by atoms with E-state index in [1.54, 1.807) is 31.9 Å². The highest BCUT2D eigenvalue weighted by molar-refractivity contribution is 7.98. The highest BCUT2D eigenvalue weighted by atomic mass is 32.2. The lowest BCUT2D eigenvalue weighted by atomic mass is 9.49. The molecule has 1 N–H and O–H groups in total. The zero-order valence-electron chi connectivity index (χ0n) is 23.2. The van der Waals surface area contributed by atoms with Crippen LogP contribution in [0.5, 0.6) is 0 Å². The van der Waals surface area contributed by atoms with Crippen LogP contribution in [-0.4, -0.2) is 61.9 Å². The predicted octanol–water partition coefficient (Wildman–Crippen LogP) is 4.34. The Morgan fingerprint density at radius 2 is 1.80 bits per heavy atom. The average Bonchev–Trinajstić information content (AvgIpc) is 3.52. The molecule has 2 aromatic heterocycles. The number of imidazole rings is 1. The Morgan fingerprint density at radius 3 is 2.40 bits per heavy atom. The van der Waals surface area contributed by atoms with E-state index in [4.69, 9.17) is 9.47 Å². The first-order chi connectivity index (χ1) is 19.1.